The minimum Gasteiger partial charge on any atom is -0.497 e. The van der Waals surface area contributed by atoms with Crippen LogP contribution < -0.4 is 10.1 Å². The normalized spacial score (nSPS) is 18.0. The maximum Gasteiger partial charge on any atom is 0.231 e. The monoisotopic (exact) mass is 375 g/mol. The van der Waals surface area contributed by atoms with Gasteiger partial charge in [0.2, 0.25) is 11.8 Å². The number of nitrogens with one attached hydrogen (secondary N) is 1. The van der Waals surface area contributed by atoms with E-state index in [1.807, 2.05) is 43.9 Å². The molecule has 2 amide bonds. The van der Waals surface area contributed by atoms with Crippen molar-refractivity contribution in [3.63, 3.8) is 0 Å². The first kappa shape index (κ1) is 18.6. The lowest BCUT2D eigenvalue weighted by Gasteiger charge is -2.35. The summed E-state index contributed by atoms with van der Waals surface area (Å²) < 4.78 is 6.19. The van der Waals surface area contributed by atoms with Gasteiger partial charge in [-0.05, 0) is 31.0 Å². The van der Waals surface area contributed by atoms with E-state index < -0.39 is 5.41 Å². The SMILES string of the molecule is COc1ccc2nc(NC(=O)C3CCCN(C(=O)C(C)(C)C)C3)sc2c1. The van der Waals surface area contributed by atoms with Crippen LogP contribution in [0.2, 0.25) is 0 Å². The highest BCUT2D eigenvalue weighted by Gasteiger charge is 2.33. The summed E-state index contributed by atoms with van der Waals surface area (Å²) in [5, 5.41) is 3.51. The lowest BCUT2D eigenvalue weighted by Crippen LogP contribution is -2.47. The molecule has 1 N–H and O–H groups in total. The van der Waals surface area contributed by atoms with Gasteiger partial charge in [0, 0.05) is 18.5 Å². The van der Waals surface area contributed by atoms with Crippen molar-refractivity contribution >= 4 is 38.5 Å². The number of ether oxygens (including phenoxy) is 1. The highest BCUT2D eigenvalue weighted by atomic mass is 32.1. The molecular weight excluding hydrogens is 350 g/mol. The highest BCUT2D eigenvalue weighted by Crippen LogP contribution is 2.30. The van der Waals surface area contributed by atoms with Crippen LogP contribution in [0.3, 0.4) is 0 Å². The van der Waals surface area contributed by atoms with E-state index in [9.17, 15) is 9.59 Å². The first-order valence-electron chi connectivity index (χ1n) is 8.83. The number of hydrogen-bond donors (Lipinski definition) is 1. The Bertz CT molecular complexity index is 825. The van der Waals surface area contributed by atoms with Gasteiger partial charge in [-0.3, -0.25) is 9.59 Å². The Balaban J connectivity index is 1.68. The summed E-state index contributed by atoms with van der Waals surface area (Å²) in [6, 6.07) is 5.64. The van der Waals surface area contributed by atoms with Crippen LogP contribution in [0.4, 0.5) is 5.13 Å². The Morgan fingerprint density at radius 1 is 1.35 bits per heavy atom. The van der Waals surface area contributed by atoms with Crippen LogP contribution in [-0.4, -0.2) is 41.9 Å². The summed E-state index contributed by atoms with van der Waals surface area (Å²) in [4.78, 5) is 31.5. The summed E-state index contributed by atoms with van der Waals surface area (Å²) >= 11 is 1.43. The van der Waals surface area contributed by atoms with Crippen molar-refractivity contribution in [1.82, 2.24) is 9.88 Å². The van der Waals surface area contributed by atoms with E-state index in [1.54, 1.807) is 7.11 Å². The minimum absolute atomic E-state index is 0.0672. The van der Waals surface area contributed by atoms with E-state index >= 15 is 0 Å². The molecule has 1 fully saturated rings. The number of nitrogens with zero attached hydrogens (tertiary/aromatic N) is 2. The topological polar surface area (TPSA) is 71.5 Å². The Morgan fingerprint density at radius 2 is 2.12 bits per heavy atom. The summed E-state index contributed by atoms with van der Waals surface area (Å²) in [5.41, 5.74) is 0.407. The molecule has 1 atom stereocenters. The van der Waals surface area contributed by atoms with Gasteiger partial charge >= 0.3 is 0 Å². The molecule has 0 radical (unpaired) electrons. The van der Waals surface area contributed by atoms with Gasteiger partial charge in [0.25, 0.3) is 0 Å². The molecule has 140 valence electrons. The first-order valence-corrected chi connectivity index (χ1v) is 9.64. The molecule has 26 heavy (non-hydrogen) atoms. The van der Waals surface area contributed by atoms with Crippen molar-refractivity contribution in [2.24, 2.45) is 11.3 Å². The molecular formula is C19H25N3O3S. The van der Waals surface area contributed by atoms with Crippen molar-refractivity contribution in [3.8, 4) is 5.75 Å². The molecule has 1 aromatic heterocycles. The van der Waals surface area contributed by atoms with Crippen molar-refractivity contribution in [3.05, 3.63) is 18.2 Å². The second-order valence-corrected chi connectivity index (χ2v) is 8.71. The molecule has 0 aliphatic carbocycles. The maximum absolute atomic E-state index is 12.7. The third kappa shape index (κ3) is 3.98. The second-order valence-electron chi connectivity index (χ2n) is 7.68. The molecule has 3 rings (SSSR count). The number of anilines is 1. The van der Waals surface area contributed by atoms with Crippen molar-refractivity contribution in [2.75, 3.05) is 25.5 Å². The lowest BCUT2D eigenvalue weighted by atomic mass is 9.91. The summed E-state index contributed by atoms with van der Waals surface area (Å²) in [6.45, 7) is 6.93. The van der Waals surface area contributed by atoms with E-state index in [0.717, 1.165) is 35.4 Å². The third-order valence-corrected chi connectivity index (χ3v) is 5.48. The van der Waals surface area contributed by atoms with Gasteiger partial charge in [0.15, 0.2) is 5.13 Å². The number of amides is 2. The van der Waals surface area contributed by atoms with Gasteiger partial charge in [-0.1, -0.05) is 32.1 Å². The summed E-state index contributed by atoms with van der Waals surface area (Å²) in [6.07, 6.45) is 1.63. The Morgan fingerprint density at radius 3 is 2.81 bits per heavy atom. The number of hydrogen-bond acceptors (Lipinski definition) is 5. The number of carbonyl (C=O) groups is 2. The number of aromatic nitrogens is 1. The van der Waals surface area contributed by atoms with Crippen LogP contribution in [0.5, 0.6) is 5.75 Å². The summed E-state index contributed by atoms with van der Waals surface area (Å²) in [5.74, 6) is 0.601. The van der Waals surface area contributed by atoms with E-state index in [-0.39, 0.29) is 17.7 Å². The van der Waals surface area contributed by atoms with Crippen LogP contribution in [-0.2, 0) is 9.59 Å². The van der Waals surface area contributed by atoms with Gasteiger partial charge in [-0.25, -0.2) is 4.98 Å². The molecule has 1 aliphatic rings. The number of fused-ring (bicyclic) bond motifs is 1. The Labute approximate surface area is 157 Å². The Kier molecular flexibility index (Phi) is 5.18. The smallest absolute Gasteiger partial charge is 0.231 e. The number of likely N-dealkylation sites (tertiary alicyclic amines) is 1. The number of benzene rings is 1. The molecule has 0 saturated carbocycles. The molecule has 2 heterocycles. The third-order valence-electron chi connectivity index (χ3n) is 4.55. The maximum atomic E-state index is 12.7. The predicted octanol–water partition coefficient (Wildman–Crippen LogP) is 3.53. The molecule has 2 aromatic rings. The Hall–Kier alpha value is -2.15. The van der Waals surface area contributed by atoms with Crippen LogP contribution in [0.15, 0.2) is 18.2 Å². The average Bonchev–Trinajstić information content (AvgIpc) is 3.01. The summed E-state index contributed by atoms with van der Waals surface area (Å²) in [7, 11) is 1.62. The fourth-order valence-electron chi connectivity index (χ4n) is 3.14. The number of rotatable bonds is 3. The van der Waals surface area contributed by atoms with Crippen molar-refractivity contribution < 1.29 is 14.3 Å². The van der Waals surface area contributed by atoms with E-state index in [1.165, 1.54) is 11.3 Å². The predicted molar refractivity (Wildman–Crippen MR) is 104 cm³/mol. The van der Waals surface area contributed by atoms with Gasteiger partial charge in [0.05, 0.1) is 23.2 Å². The molecule has 0 spiro atoms. The lowest BCUT2D eigenvalue weighted by molar-refractivity contribution is -0.142. The quantitative estimate of drug-likeness (QED) is 0.891. The van der Waals surface area contributed by atoms with Crippen LogP contribution in [0.25, 0.3) is 10.2 Å². The molecule has 1 aromatic carbocycles. The fraction of sp³-hybridized carbons (Fsp3) is 0.526. The number of thiazole rings is 1. The zero-order valence-corrected chi connectivity index (χ0v) is 16.5. The molecule has 7 heteroatoms. The minimum atomic E-state index is -0.426. The van der Waals surface area contributed by atoms with Crippen molar-refractivity contribution in [1.29, 1.82) is 0 Å². The zero-order chi connectivity index (χ0) is 18.9. The second kappa shape index (κ2) is 7.23. The van der Waals surface area contributed by atoms with Gasteiger partial charge < -0.3 is 15.0 Å². The van der Waals surface area contributed by atoms with Gasteiger partial charge in [-0.2, -0.15) is 0 Å². The fourth-order valence-corrected chi connectivity index (χ4v) is 4.04. The largest absolute Gasteiger partial charge is 0.497 e. The molecule has 1 unspecified atom stereocenters. The van der Waals surface area contributed by atoms with Crippen molar-refractivity contribution in [2.45, 2.75) is 33.6 Å². The van der Waals surface area contributed by atoms with Crippen LogP contribution in [0.1, 0.15) is 33.6 Å². The standard InChI is InChI=1S/C19H25N3O3S/c1-19(2,3)17(24)22-9-5-6-12(11-22)16(23)21-18-20-14-8-7-13(25-4)10-15(14)26-18/h7-8,10,12H,5-6,9,11H2,1-4H3,(H,20,21,23). The first-order chi connectivity index (χ1) is 12.3. The number of carbonyl (C=O) groups excluding carboxylic acids is 2. The van der Waals surface area contributed by atoms with E-state index in [4.69, 9.17) is 4.74 Å². The molecule has 6 nitrogen and oxygen atoms in total. The molecule has 1 aliphatic heterocycles. The molecule has 1 saturated heterocycles. The van der Waals surface area contributed by atoms with Crippen LogP contribution in [0, 0.1) is 11.3 Å². The van der Waals surface area contributed by atoms with E-state index in [0.29, 0.717) is 11.7 Å². The number of piperidine rings is 1. The molecule has 0 bridgehead atoms. The average molecular weight is 375 g/mol. The highest BCUT2D eigenvalue weighted by molar-refractivity contribution is 7.22. The number of methoxy groups -OCH3 is 1. The van der Waals surface area contributed by atoms with E-state index in [2.05, 4.69) is 10.3 Å². The van der Waals surface area contributed by atoms with Crippen LogP contribution >= 0.6 is 11.3 Å². The van der Waals surface area contributed by atoms with Gasteiger partial charge in [0.1, 0.15) is 5.75 Å². The zero-order valence-electron chi connectivity index (χ0n) is 15.7. The van der Waals surface area contributed by atoms with Gasteiger partial charge in [-0.15, -0.1) is 0 Å².